The van der Waals surface area contributed by atoms with E-state index in [1.807, 2.05) is 12.3 Å². The molecule has 0 aliphatic heterocycles. The quantitative estimate of drug-likeness (QED) is 0.819. The van der Waals surface area contributed by atoms with Gasteiger partial charge in [0, 0.05) is 4.88 Å². The number of rotatable bonds is 3. The van der Waals surface area contributed by atoms with Gasteiger partial charge in [-0.1, -0.05) is 11.6 Å². The van der Waals surface area contributed by atoms with Crippen molar-refractivity contribution in [2.75, 3.05) is 0 Å². The Labute approximate surface area is 85.1 Å². The van der Waals surface area contributed by atoms with Gasteiger partial charge in [-0.2, -0.15) is 0 Å². The van der Waals surface area contributed by atoms with Crippen LogP contribution in [0, 0.1) is 6.92 Å². The molecule has 0 saturated carbocycles. The van der Waals surface area contributed by atoms with E-state index in [4.69, 9.17) is 22.4 Å². The van der Waals surface area contributed by atoms with Crippen LogP contribution in [0.15, 0.2) is 5.38 Å². The fraction of sp³-hybridized carbons (Fsp3) is 0.375. The van der Waals surface area contributed by atoms with Gasteiger partial charge in [-0.3, -0.25) is 4.79 Å². The van der Waals surface area contributed by atoms with Gasteiger partial charge in [0.2, 0.25) is 0 Å². The fourth-order valence-corrected chi connectivity index (χ4v) is 2.32. The Morgan fingerprint density at radius 3 is 2.85 bits per heavy atom. The van der Waals surface area contributed by atoms with Gasteiger partial charge in [-0.15, -0.1) is 11.3 Å². The number of nitrogens with two attached hydrogens (primary N) is 1. The topological polar surface area (TPSA) is 63.3 Å². The molecule has 0 aliphatic rings. The summed E-state index contributed by atoms with van der Waals surface area (Å²) in [6.07, 6.45) is -0.0837. The van der Waals surface area contributed by atoms with Crippen molar-refractivity contribution >= 4 is 28.9 Å². The number of aryl methyl sites for hydroxylation is 1. The van der Waals surface area contributed by atoms with Crippen molar-refractivity contribution in [3.8, 4) is 0 Å². The number of carboxylic acid groups (broad SMARTS) is 1. The van der Waals surface area contributed by atoms with Crippen LogP contribution in [0.1, 0.15) is 22.9 Å². The first-order valence-electron chi connectivity index (χ1n) is 3.73. The molecule has 1 heterocycles. The lowest BCUT2D eigenvalue weighted by atomic mass is 10.2. The highest BCUT2D eigenvalue weighted by atomic mass is 35.5. The molecule has 1 aromatic heterocycles. The van der Waals surface area contributed by atoms with Crippen LogP contribution in [0.4, 0.5) is 0 Å². The second-order valence-corrected chi connectivity index (χ2v) is 4.09. The maximum absolute atomic E-state index is 10.4. The predicted molar refractivity (Wildman–Crippen MR) is 53.2 cm³/mol. The highest BCUT2D eigenvalue weighted by Crippen LogP contribution is 2.32. The van der Waals surface area contributed by atoms with Crippen molar-refractivity contribution in [3.05, 3.63) is 20.8 Å². The molecular formula is C8H10ClNO2S. The minimum Gasteiger partial charge on any atom is -0.481 e. The summed E-state index contributed by atoms with van der Waals surface area (Å²) < 4.78 is 0. The van der Waals surface area contributed by atoms with E-state index in [1.165, 1.54) is 11.3 Å². The second kappa shape index (κ2) is 4.09. The van der Waals surface area contributed by atoms with Crippen LogP contribution in [-0.2, 0) is 4.79 Å². The SMILES string of the molecule is Cc1csc([C@@H](N)CC(=O)O)c1Cl. The summed E-state index contributed by atoms with van der Waals surface area (Å²) in [5.74, 6) is -0.908. The lowest BCUT2D eigenvalue weighted by Crippen LogP contribution is -2.13. The van der Waals surface area contributed by atoms with Gasteiger partial charge in [-0.25, -0.2) is 0 Å². The number of aliphatic carboxylic acids is 1. The van der Waals surface area contributed by atoms with E-state index in [1.54, 1.807) is 0 Å². The van der Waals surface area contributed by atoms with Crippen LogP contribution >= 0.6 is 22.9 Å². The molecule has 0 unspecified atom stereocenters. The summed E-state index contributed by atoms with van der Waals surface area (Å²) in [6, 6.07) is -0.497. The number of hydrogen-bond donors (Lipinski definition) is 2. The fourth-order valence-electron chi connectivity index (χ4n) is 0.981. The number of halogens is 1. The zero-order chi connectivity index (χ0) is 10.0. The zero-order valence-corrected chi connectivity index (χ0v) is 8.65. The summed E-state index contributed by atoms with van der Waals surface area (Å²) in [5, 5.41) is 11.0. The van der Waals surface area contributed by atoms with E-state index < -0.39 is 12.0 Å². The smallest absolute Gasteiger partial charge is 0.305 e. The molecule has 0 amide bonds. The number of carboxylic acids is 1. The summed E-state index contributed by atoms with van der Waals surface area (Å²) in [5.41, 5.74) is 6.60. The number of carbonyl (C=O) groups is 1. The summed E-state index contributed by atoms with van der Waals surface area (Å²) >= 11 is 7.33. The van der Waals surface area contributed by atoms with Gasteiger partial charge in [-0.05, 0) is 17.9 Å². The molecule has 3 nitrogen and oxygen atoms in total. The molecule has 0 radical (unpaired) electrons. The van der Waals surface area contributed by atoms with Crippen LogP contribution in [0.2, 0.25) is 5.02 Å². The van der Waals surface area contributed by atoms with Crippen LogP contribution in [-0.4, -0.2) is 11.1 Å². The van der Waals surface area contributed by atoms with E-state index in [0.717, 1.165) is 10.4 Å². The van der Waals surface area contributed by atoms with E-state index >= 15 is 0 Å². The Bertz CT molecular complexity index is 324. The molecule has 0 aromatic carbocycles. The maximum Gasteiger partial charge on any atom is 0.305 e. The monoisotopic (exact) mass is 219 g/mol. The molecule has 72 valence electrons. The second-order valence-electron chi connectivity index (χ2n) is 2.80. The molecule has 3 N–H and O–H groups in total. The van der Waals surface area contributed by atoms with E-state index in [0.29, 0.717) is 5.02 Å². The average Bonchev–Trinajstić information content (AvgIpc) is 2.31. The highest BCUT2D eigenvalue weighted by Gasteiger charge is 2.16. The third-order valence-electron chi connectivity index (χ3n) is 1.66. The number of thiophene rings is 1. The molecule has 0 bridgehead atoms. The molecule has 0 fully saturated rings. The lowest BCUT2D eigenvalue weighted by molar-refractivity contribution is -0.137. The molecule has 0 aliphatic carbocycles. The van der Waals surface area contributed by atoms with Crippen LogP contribution in [0.5, 0.6) is 0 Å². The van der Waals surface area contributed by atoms with E-state index in [2.05, 4.69) is 0 Å². The Morgan fingerprint density at radius 2 is 2.46 bits per heavy atom. The zero-order valence-electron chi connectivity index (χ0n) is 7.08. The first kappa shape index (κ1) is 10.5. The van der Waals surface area contributed by atoms with Gasteiger partial charge in [0.25, 0.3) is 0 Å². The van der Waals surface area contributed by atoms with Crippen LogP contribution in [0.25, 0.3) is 0 Å². The lowest BCUT2D eigenvalue weighted by Gasteiger charge is -2.06. The Morgan fingerprint density at radius 1 is 1.85 bits per heavy atom. The first-order valence-corrected chi connectivity index (χ1v) is 4.99. The van der Waals surface area contributed by atoms with Crippen LogP contribution in [0.3, 0.4) is 0 Å². The highest BCUT2D eigenvalue weighted by molar-refractivity contribution is 7.10. The molecule has 1 aromatic rings. The van der Waals surface area contributed by atoms with Gasteiger partial charge in [0.05, 0.1) is 17.5 Å². The van der Waals surface area contributed by atoms with Gasteiger partial charge in [0.1, 0.15) is 0 Å². The third-order valence-corrected chi connectivity index (χ3v) is 3.50. The molecule has 0 saturated heterocycles. The largest absolute Gasteiger partial charge is 0.481 e. The van der Waals surface area contributed by atoms with Gasteiger partial charge >= 0.3 is 5.97 Å². The minimum absolute atomic E-state index is 0.0837. The maximum atomic E-state index is 10.4. The van der Waals surface area contributed by atoms with Crippen molar-refractivity contribution in [2.45, 2.75) is 19.4 Å². The molecule has 5 heteroatoms. The van der Waals surface area contributed by atoms with Gasteiger partial charge < -0.3 is 10.8 Å². The van der Waals surface area contributed by atoms with Crippen molar-refractivity contribution < 1.29 is 9.90 Å². The third kappa shape index (κ3) is 2.43. The van der Waals surface area contributed by atoms with E-state index in [-0.39, 0.29) is 6.42 Å². The minimum atomic E-state index is -0.908. The van der Waals surface area contributed by atoms with Crippen molar-refractivity contribution in [1.82, 2.24) is 0 Å². The van der Waals surface area contributed by atoms with Crippen molar-refractivity contribution in [2.24, 2.45) is 5.73 Å². The molecule has 13 heavy (non-hydrogen) atoms. The normalized spacial score (nSPS) is 12.8. The molecule has 0 spiro atoms. The molecular weight excluding hydrogens is 210 g/mol. The average molecular weight is 220 g/mol. The molecule has 1 rings (SSSR count). The van der Waals surface area contributed by atoms with Gasteiger partial charge in [0.15, 0.2) is 0 Å². The molecule has 1 atom stereocenters. The predicted octanol–water partition coefficient (Wildman–Crippen LogP) is 2.18. The first-order chi connectivity index (χ1) is 6.02. The Balaban J connectivity index is 2.82. The summed E-state index contributed by atoms with van der Waals surface area (Å²) in [4.78, 5) is 11.1. The summed E-state index contributed by atoms with van der Waals surface area (Å²) in [6.45, 7) is 1.87. The van der Waals surface area contributed by atoms with Crippen molar-refractivity contribution in [3.63, 3.8) is 0 Å². The summed E-state index contributed by atoms with van der Waals surface area (Å²) in [7, 11) is 0. The number of hydrogen-bond acceptors (Lipinski definition) is 3. The van der Waals surface area contributed by atoms with Crippen LogP contribution < -0.4 is 5.73 Å². The van der Waals surface area contributed by atoms with E-state index in [9.17, 15) is 4.79 Å². The Kier molecular flexibility index (Phi) is 3.30. The Hall–Kier alpha value is -0.580. The van der Waals surface area contributed by atoms with Crippen molar-refractivity contribution in [1.29, 1.82) is 0 Å². The standard InChI is InChI=1S/C8H10ClNO2S/c1-4-3-13-8(7(4)9)5(10)2-6(11)12/h3,5H,2,10H2,1H3,(H,11,12)/t5-/m0/s1.